The van der Waals surface area contributed by atoms with E-state index < -0.39 is 0 Å². The van der Waals surface area contributed by atoms with Gasteiger partial charge in [-0.2, -0.15) is 9.97 Å². The van der Waals surface area contributed by atoms with Crippen molar-refractivity contribution in [1.82, 2.24) is 29.5 Å². The third kappa shape index (κ3) is 2.32. The predicted octanol–water partition coefficient (Wildman–Crippen LogP) is 0.703. The number of H-pyrrole nitrogens is 1. The number of aromatic amines is 1. The van der Waals surface area contributed by atoms with Crippen LogP contribution in [0.15, 0.2) is 25.0 Å². The van der Waals surface area contributed by atoms with E-state index in [1.165, 1.54) is 0 Å². The normalized spacial score (nSPS) is 10.8. The zero-order chi connectivity index (χ0) is 13.1. The van der Waals surface area contributed by atoms with Crippen LogP contribution < -0.4 is 10.6 Å². The lowest BCUT2D eigenvalue weighted by atomic mass is 10.4. The minimum absolute atomic E-state index is 0.546. The largest absolute Gasteiger partial charge is 0.366 e. The van der Waals surface area contributed by atoms with Gasteiger partial charge in [0.25, 0.3) is 0 Å². The molecule has 0 aliphatic rings. The molecule has 0 saturated heterocycles. The average molecular weight is 258 g/mol. The first-order valence-electron chi connectivity index (χ1n) is 5.95. The Morgan fingerprint density at radius 1 is 1.37 bits per heavy atom. The molecule has 0 aliphatic carbocycles. The maximum absolute atomic E-state index is 4.38. The second-order valence-corrected chi connectivity index (χ2v) is 3.97. The molecule has 3 aromatic heterocycles. The van der Waals surface area contributed by atoms with E-state index in [-0.39, 0.29) is 0 Å². The van der Waals surface area contributed by atoms with E-state index in [0.717, 1.165) is 24.4 Å². The molecule has 0 saturated carbocycles. The fourth-order valence-electron chi connectivity index (χ4n) is 1.80. The third-order valence-electron chi connectivity index (χ3n) is 2.73. The van der Waals surface area contributed by atoms with Gasteiger partial charge in [-0.1, -0.05) is 0 Å². The van der Waals surface area contributed by atoms with Gasteiger partial charge in [0.2, 0.25) is 5.95 Å². The maximum atomic E-state index is 4.38. The molecule has 0 atom stereocenters. The van der Waals surface area contributed by atoms with Crippen LogP contribution in [0.25, 0.3) is 11.2 Å². The fourth-order valence-corrected chi connectivity index (χ4v) is 1.80. The van der Waals surface area contributed by atoms with Gasteiger partial charge in [-0.05, 0) is 0 Å². The summed E-state index contributed by atoms with van der Waals surface area (Å²) in [5, 5.41) is 6.20. The van der Waals surface area contributed by atoms with Crippen molar-refractivity contribution in [2.24, 2.45) is 0 Å². The van der Waals surface area contributed by atoms with E-state index in [2.05, 4.69) is 35.6 Å². The van der Waals surface area contributed by atoms with Gasteiger partial charge < -0.3 is 20.2 Å². The van der Waals surface area contributed by atoms with Crippen molar-refractivity contribution in [3.8, 4) is 0 Å². The van der Waals surface area contributed by atoms with Gasteiger partial charge in [-0.15, -0.1) is 0 Å². The van der Waals surface area contributed by atoms with Crippen LogP contribution in [0.2, 0.25) is 0 Å². The van der Waals surface area contributed by atoms with E-state index in [1.807, 2.05) is 10.8 Å². The lowest BCUT2D eigenvalue weighted by Crippen LogP contribution is -2.11. The molecule has 0 unspecified atom stereocenters. The Morgan fingerprint density at radius 3 is 3.11 bits per heavy atom. The van der Waals surface area contributed by atoms with Crippen LogP contribution >= 0.6 is 0 Å². The van der Waals surface area contributed by atoms with E-state index in [9.17, 15) is 0 Å². The van der Waals surface area contributed by atoms with Crippen LogP contribution in [0, 0.1) is 0 Å². The molecule has 8 nitrogen and oxygen atoms in total. The number of anilines is 2. The molecule has 3 rings (SSSR count). The van der Waals surface area contributed by atoms with Crippen LogP contribution in [-0.4, -0.2) is 43.1 Å². The molecule has 0 aliphatic heterocycles. The molecule has 0 aromatic carbocycles. The number of nitrogens with one attached hydrogen (secondary N) is 3. The highest BCUT2D eigenvalue weighted by Gasteiger charge is 2.08. The lowest BCUT2D eigenvalue weighted by Gasteiger charge is -2.08. The minimum atomic E-state index is 0.546. The van der Waals surface area contributed by atoms with Gasteiger partial charge in [-0.25, -0.2) is 9.97 Å². The highest BCUT2D eigenvalue weighted by Crippen LogP contribution is 2.17. The summed E-state index contributed by atoms with van der Waals surface area (Å²) in [5.41, 5.74) is 1.45. The summed E-state index contributed by atoms with van der Waals surface area (Å²) >= 11 is 0. The Morgan fingerprint density at radius 2 is 2.32 bits per heavy atom. The quantitative estimate of drug-likeness (QED) is 0.623. The van der Waals surface area contributed by atoms with Crippen LogP contribution in [0.4, 0.5) is 11.8 Å². The maximum Gasteiger partial charge on any atom is 0.226 e. The highest BCUT2D eigenvalue weighted by atomic mass is 15.2. The summed E-state index contributed by atoms with van der Waals surface area (Å²) in [5.74, 6) is 1.29. The molecule has 3 heterocycles. The molecule has 98 valence electrons. The summed E-state index contributed by atoms with van der Waals surface area (Å²) in [6, 6.07) is 0. The highest BCUT2D eigenvalue weighted by molar-refractivity contribution is 5.83. The molecule has 3 aromatic rings. The first-order chi connectivity index (χ1) is 9.36. The van der Waals surface area contributed by atoms with Crippen molar-refractivity contribution in [3.05, 3.63) is 25.0 Å². The van der Waals surface area contributed by atoms with Crippen molar-refractivity contribution in [3.63, 3.8) is 0 Å². The molecular formula is C11H14N8. The number of hydrogen-bond acceptors (Lipinski definition) is 6. The second kappa shape index (κ2) is 4.92. The first-order valence-corrected chi connectivity index (χ1v) is 5.95. The monoisotopic (exact) mass is 258 g/mol. The van der Waals surface area contributed by atoms with Crippen molar-refractivity contribution in [2.75, 3.05) is 24.2 Å². The number of hydrogen-bond donors (Lipinski definition) is 3. The van der Waals surface area contributed by atoms with Crippen LogP contribution in [0.5, 0.6) is 0 Å². The van der Waals surface area contributed by atoms with E-state index in [0.29, 0.717) is 11.6 Å². The van der Waals surface area contributed by atoms with Crippen LogP contribution in [-0.2, 0) is 6.54 Å². The SMILES string of the molecule is CNc1nc(NCCn2ccnc2)c2[nH]cnc2n1. The Labute approximate surface area is 109 Å². The number of rotatable bonds is 5. The van der Waals surface area contributed by atoms with E-state index >= 15 is 0 Å². The minimum Gasteiger partial charge on any atom is -0.366 e. The molecule has 3 N–H and O–H groups in total. The Bertz CT molecular complexity index is 656. The van der Waals surface area contributed by atoms with Gasteiger partial charge in [0.1, 0.15) is 5.52 Å². The Kier molecular flexibility index (Phi) is 2.97. The number of aromatic nitrogens is 6. The molecular weight excluding hydrogens is 244 g/mol. The van der Waals surface area contributed by atoms with Crippen molar-refractivity contribution >= 4 is 22.9 Å². The third-order valence-corrected chi connectivity index (χ3v) is 2.73. The van der Waals surface area contributed by atoms with Gasteiger partial charge in [0.05, 0.1) is 12.7 Å². The first kappa shape index (κ1) is 11.5. The molecule has 0 spiro atoms. The topological polar surface area (TPSA) is 96.3 Å². The van der Waals surface area contributed by atoms with E-state index in [1.54, 1.807) is 25.9 Å². The Hall–Kier alpha value is -2.64. The number of fused-ring (bicyclic) bond motifs is 1. The summed E-state index contributed by atoms with van der Waals surface area (Å²) in [6.45, 7) is 1.55. The van der Waals surface area contributed by atoms with E-state index in [4.69, 9.17) is 0 Å². The molecule has 0 fully saturated rings. The van der Waals surface area contributed by atoms with Crippen LogP contribution in [0.3, 0.4) is 0 Å². The van der Waals surface area contributed by atoms with Gasteiger partial charge in [0.15, 0.2) is 11.5 Å². The predicted molar refractivity (Wildman–Crippen MR) is 71.9 cm³/mol. The molecule has 0 bridgehead atoms. The summed E-state index contributed by atoms with van der Waals surface area (Å²) in [4.78, 5) is 19.8. The van der Waals surface area contributed by atoms with Gasteiger partial charge in [-0.3, -0.25) is 0 Å². The Balaban J connectivity index is 1.77. The van der Waals surface area contributed by atoms with Crippen molar-refractivity contribution in [1.29, 1.82) is 0 Å². The average Bonchev–Trinajstić information content (AvgIpc) is 3.08. The molecule has 0 amide bonds. The fraction of sp³-hybridized carbons (Fsp3) is 0.273. The van der Waals surface area contributed by atoms with Crippen molar-refractivity contribution < 1.29 is 0 Å². The summed E-state index contributed by atoms with van der Waals surface area (Å²) in [7, 11) is 1.78. The summed E-state index contributed by atoms with van der Waals surface area (Å²) < 4.78 is 2.00. The standard InChI is InChI=1S/C11H14N8/c1-12-11-17-9(8-10(18-11)16-6-15-8)14-3-5-19-4-2-13-7-19/h2,4,6-7H,3,5H2,1H3,(H3,12,14,15,16,17,18). The zero-order valence-electron chi connectivity index (χ0n) is 10.5. The van der Waals surface area contributed by atoms with Gasteiger partial charge in [0, 0.05) is 32.5 Å². The summed E-state index contributed by atoms with van der Waals surface area (Å²) in [6.07, 6.45) is 7.08. The number of imidazole rings is 2. The molecule has 8 heteroatoms. The molecule has 19 heavy (non-hydrogen) atoms. The lowest BCUT2D eigenvalue weighted by molar-refractivity contribution is 0.725. The number of nitrogens with zero attached hydrogens (tertiary/aromatic N) is 5. The van der Waals surface area contributed by atoms with Crippen LogP contribution in [0.1, 0.15) is 0 Å². The van der Waals surface area contributed by atoms with Gasteiger partial charge >= 0.3 is 0 Å². The van der Waals surface area contributed by atoms with Crippen molar-refractivity contribution in [2.45, 2.75) is 6.54 Å². The molecule has 0 radical (unpaired) electrons. The second-order valence-electron chi connectivity index (χ2n) is 3.97. The smallest absolute Gasteiger partial charge is 0.226 e. The zero-order valence-corrected chi connectivity index (χ0v) is 10.5.